The Morgan fingerprint density at radius 2 is 2.12 bits per heavy atom. The summed E-state index contributed by atoms with van der Waals surface area (Å²) in [7, 11) is 0. The monoisotopic (exact) mass is 270 g/mol. The molecule has 0 amide bonds. The van der Waals surface area contributed by atoms with Crippen LogP contribution in [0.15, 0.2) is 23.6 Å². The normalized spacial score (nSPS) is 10.6. The number of fused-ring (bicyclic) bond motifs is 1. The average molecular weight is 271 g/mol. The summed E-state index contributed by atoms with van der Waals surface area (Å²) >= 11 is 1.82. The molecule has 0 saturated carbocycles. The molecule has 17 heavy (non-hydrogen) atoms. The lowest BCUT2D eigenvalue weighted by Gasteiger charge is -2.04. The van der Waals surface area contributed by atoms with Crippen LogP contribution in [0.1, 0.15) is 25.8 Å². The van der Waals surface area contributed by atoms with Crippen molar-refractivity contribution >= 4 is 39.5 Å². The summed E-state index contributed by atoms with van der Waals surface area (Å²) in [6.07, 6.45) is 2.40. The van der Waals surface area contributed by atoms with E-state index in [2.05, 4.69) is 36.8 Å². The van der Waals surface area contributed by atoms with Crippen molar-refractivity contribution in [3.8, 4) is 0 Å². The van der Waals surface area contributed by atoms with E-state index in [1.54, 1.807) is 0 Å². The molecule has 0 aliphatic carbocycles. The van der Waals surface area contributed by atoms with Crippen molar-refractivity contribution in [1.82, 2.24) is 0 Å². The fourth-order valence-electron chi connectivity index (χ4n) is 1.81. The predicted octanol–water partition coefficient (Wildman–Crippen LogP) is 4.20. The molecule has 4 heteroatoms. The number of benzene rings is 1. The summed E-state index contributed by atoms with van der Waals surface area (Å²) in [6, 6.07) is 6.29. The molecule has 0 aliphatic heterocycles. The molecule has 94 valence electrons. The molecule has 0 saturated heterocycles. The number of halogens is 1. The Balaban J connectivity index is 0.00000144. The molecule has 1 heterocycles. The lowest BCUT2D eigenvalue weighted by Crippen LogP contribution is -2.06. The van der Waals surface area contributed by atoms with Crippen molar-refractivity contribution < 1.29 is 0 Å². The van der Waals surface area contributed by atoms with Crippen LogP contribution in [0.5, 0.6) is 0 Å². The van der Waals surface area contributed by atoms with Crippen LogP contribution in [0.2, 0.25) is 0 Å². The minimum Gasteiger partial charge on any atom is -0.324 e. The van der Waals surface area contributed by atoms with E-state index in [4.69, 9.17) is 5.84 Å². The van der Waals surface area contributed by atoms with Gasteiger partial charge >= 0.3 is 0 Å². The second-order valence-electron chi connectivity index (χ2n) is 4.55. The van der Waals surface area contributed by atoms with Crippen molar-refractivity contribution in [2.45, 2.75) is 26.7 Å². The van der Waals surface area contributed by atoms with Crippen LogP contribution >= 0.6 is 23.7 Å². The number of aryl methyl sites for hydroxylation is 1. The standard InChI is InChI=1S/C13H18N2S.ClH/c1-9(2)3-4-10-8-16-13-6-5-11(15-14)7-12(10)13;/h5-9,15H,3-4,14H2,1-2H3;1H. The number of nitrogens with two attached hydrogens (primary N) is 1. The van der Waals surface area contributed by atoms with Crippen LogP contribution < -0.4 is 11.3 Å². The second kappa shape index (κ2) is 6.24. The Morgan fingerprint density at radius 3 is 2.76 bits per heavy atom. The molecule has 1 aromatic heterocycles. The molecule has 2 aromatic rings. The number of hydrogen-bond donors (Lipinski definition) is 2. The van der Waals surface area contributed by atoms with Crippen LogP contribution in [-0.4, -0.2) is 0 Å². The quantitative estimate of drug-likeness (QED) is 0.646. The maximum Gasteiger partial charge on any atom is 0.0492 e. The Kier molecular flexibility index (Phi) is 5.25. The Labute approximate surface area is 113 Å². The minimum absolute atomic E-state index is 0. The molecule has 0 bridgehead atoms. The van der Waals surface area contributed by atoms with E-state index >= 15 is 0 Å². The van der Waals surface area contributed by atoms with Crippen molar-refractivity contribution in [2.75, 3.05) is 5.43 Å². The fourth-order valence-corrected chi connectivity index (χ4v) is 2.79. The van der Waals surface area contributed by atoms with Crippen molar-refractivity contribution in [3.63, 3.8) is 0 Å². The summed E-state index contributed by atoms with van der Waals surface area (Å²) < 4.78 is 1.35. The summed E-state index contributed by atoms with van der Waals surface area (Å²) in [4.78, 5) is 0. The molecule has 0 radical (unpaired) electrons. The van der Waals surface area contributed by atoms with Gasteiger partial charge in [0.15, 0.2) is 0 Å². The zero-order valence-corrected chi connectivity index (χ0v) is 11.8. The number of hydrazine groups is 1. The number of nitrogen functional groups attached to an aromatic ring is 1. The Bertz CT molecular complexity index is 479. The zero-order chi connectivity index (χ0) is 11.5. The SMILES string of the molecule is CC(C)CCc1csc2ccc(NN)cc12.Cl. The smallest absolute Gasteiger partial charge is 0.0492 e. The molecule has 0 unspecified atom stereocenters. The Hall–Kier alpha value is -0.770. The second-order valence-corrected chi connectivity index (χ2v) is 5.46. The Morgan fingerprint density at radius 1 is 1.35 bits per heavy atom. The van der Waals surface area contributed by atoms with Gasteiger partial charge in [0, 0.05) is 10.4 Å². The number of rotatable bonds is 4. The lowest BCUT2D eigenvalue weighted by atomic mass is 10.0. The zero-order valence-electron chi connectivity index (χ0n) is 10.2. The molecule has 0 atom stereocenters. The molecule has 1 aromatic carbocycles. The maximum absolute atomic E-state index is 5.44. The molecular weight excluding hydrogens is 252 g/mol. The van der Waals surface area contributed by atoms with Gasteiger partial charge < -0.3 is 5.43 Å². The first kappa shape index (κ1) is 14.3. The third kappa shape index (κ3) is 3.35. The third-order valence-corrected chi connectivity index (χ3v) is 3.82. The summed E-state index contributed by atoms with van der Waals surface area (Å²) in [6.45, 7) is 4.53. The van der Waals surface area contributed by atoms with Gasteiger partial charge in [-0.1, -0.05) is 13.8 Å². The van der Waals surface area contributed by atoms with Gasteiger partial charge in [-0.05, 0) is 53.3 Å². The van der Waals surface area contributed by atoms with Gasteiger partial charge in [0.2, 0.25) is 0 Å². The molecule has 0 spiro atoms. The summed E-state index contributed by atoms with van der Waals surface area (Å²) in [5.74, 6) is 6.19. The number of anilines is 1. The van der Waals surface area contributed by atoms with Crippen LogP contribution in [0, 0.1) is 5.92 Å². The highest BCUT2D eigenvalue weighted by atomic mass is 35.5. The number of thiophene rings is 1. The van der Waals surface area contributed by atoms with Crippen LogP contribution in [0.4, 0.5) is 5.69 Å². The van der Waals surface area contributed by atoms with E-state index < -0.39 is 0 Å². The van der Waals surface area contributed by atoms with Crippen LogP contribution in [0.25, 0.3) is 10.1 Å². The van der Waals surface area contributed by atoms with Gasteiger partial charge in [0.05, 0.1) is 0 Å². The lowest BCUT2D eigenvalue weighted by molar-refractivity contribution is 0.588. The molecule has 3 N–H and O–H groups in total. The largest absolute Gasteiger partial charge is 0.324 e. The molecule has 0 fully saturated rings. The van der Waals surface area contributed by atoms with E-state index in [0.29, 0.717) is 0 Å². The van der Waals surface area contributed by atoms with Crippen molar-refractivity contribution in [1.29, 1.82) is 0 Å². The maximum atomic E-state index is 5.44. The molecular formula is C13H19ClN2S. The molecule has 2 rings (SSSR count). The van der Waals surface area contributed by atoms with E-state index in [9.17, 15) is 0 Å². The van der Waals surface area contributed by atoms with Gasteiger partial charge in [0.1, 0.15) is 0 Å². The van der Waals surface area contributed by atoms with E-state index in [1.807, 2.05) is 17.4 Å². The van der Waals surface area contributed by atoms with Gasteiger partial charge in [-0.2, -0.15) is 0 Å². The van der Waals surface area contributed by atoms with Gasteiger partial charge in [-0.3, -0.25) is 5.84 Å². The van der Waals surface area contributed by atoms with Crippen LogP contribution in [0.3, 0.4) is 0 Å². The molecule has 2 nitrogen and oxygen atoms in total. The highest BCUT2D eigenvalue weighted by Crippen LogP contribution is 2.29. The van der Waals surface area contributed by atoms with E-state index in [-0.39, 0.29) is 12.4 Å². The van der Waals surface area contributed by atoms with Gasteiger partial charge in [-0.25, -0.2) is 0 Å². The molecule has 0 aliphatic rings. The third-order valence-electron chi connectivity index (χ3n) is 2.81. The van der Waals surface area contributed by atoms with Gasteiger partial charge in [0.25, 0.3) is 0 Å². The average Bonchev–Trinajstić information content (AvgIpc) is 2.68. The first-order valence-corrected chi connectivity index (χ1v) is 6.55. The van der Waals surface area contributed by atoms with E-state index in [0.717, 1.165) is 18.0 Å². The summed E-state index contributed by atoms with van der Waals surface area (Å²) in [5.41, 5.74) is 5.14. The number of hydrogen-bond acceptors (Lipinski definition) is 3. The summed E-state index contributed by atoms with van der Waals surface area (Å²) in [5, 5.41) is 3.62. The number of nitrogens with one attached hydrogen (secondary N) is 1. The van der Waals surface area contributed by atoms with Crippen LogP contribution in [-0.2, 0) is 6.42 Å². The predicted molar refractivity (Wildman–Crippen MR) is 80.0 cm³/mol. The first-order valence-electron chi connectivity index (χ1n) is 5.67. The van der Waals surface area contributed by atoms with E-state index in [1.165, 1.54) is 22.1 Å². The highest BCUT2D eigenvalue weighted by Gasteiger charge is 2.05. The first-order chi connectivity index (χ1) is 7.70. The highest BCUT2D eigenvalue weighted by molar-refractivity contribution is 7.17. The van der Waals surface area contributed by atoms with Gasteiger partial charge in [-0.15, -0.1) is 23.7 Å². The fraction of sp³-hybridized carbons (Fsp3) is 0.385. The minimum atomic E-state index is 0. The van der Waals surface area contributed by atoms with Crippen molar-refractivity contribution in [3.05, 3.63) is 29.1 Å². The topological polar surface area (TPSA) is 38.0 Å². The van der Waals surface area contributed by atoms with Crippen molar-refractivity contribution in [2.24, 2.45) is 11.8 Å².